The number of aromatic nitrogens is 1. The molecule has 2 aromatic rings. The monoisotopic (exact) mass is 475 g/mol. The van der Waals surface area contributed by atoms with E-state index < -0.39 is 0 Å². The number of hydrogen-bond donors (Lipinski definition) is 0. The molecule has 1 fully saturated rings. The number of carbonyl (C=O) groups is 1. The number of amides is 1. The Balaban J connectivity index is 2.19. The lowest BCUT2D eigenvalue weighted by Gasteiger charge is -2.14. The Labute approximate surface area is 181 Å². The molecule has 1 aromatic carbocycles. The van der Waals surface area contributed by atoms with Crippen LogP contribution in [0.3, 0.4) is 0 Å². The maximum Gasteiger partial charge on any atom is 0.269 e. The number of nitrogens with zero attached hydrogens (tertiary/aromatic N) is 3. The maximum absolute atomic E-state index is 13.1. The maximum atomic E-state index is 13.1. The molecule has 0 saturated carbocycles. The van der Waals surface area contributed by atoms with Crippen molar-refractivity contribution in [2.75, 3.05) is 26.8 Å². The molecule has 6 nitrogen and oxygen atoms in total. The standard InChI is InChI=1S/C21H22BrN3O3S/c1-28-12-6-11-25-20(27)18(13-15-7-2-3-8-17(15)22)29-21(25)16(14-23)19(26)24-9-4-5-10-24/h2-3,7-8,13H,4-6,9-12H2,1H3/b18-13+,21-16-. The van der Waals surface area contributed by atoms with Gasteiger partial charge in [0.15, 0.2) is 5.57 Å². The smallest absolute Gasteiger partial charge is 0.269 e. The van der Waals surface area contributed by atoms with Crippen molar-refractivity contribution in [3.63, 3.8) is 0 Å². The summed E-state index contributed by atoms with van der Waals surface area (Å²) >= 11 is 4.69. The molecule has 0 unspecified atom stereocenters. The summed E-state index contributed by atoms with van der Waals surface area (Å²) in [4.78, 5) is 27.7. The second kappa shape index (κ2) is 10.0. The molecular weight excluding hydrogens is 454 g/mol. The molecule has 1 amide bonds. The normalized spacial score (nSPS) is 15.5. The lowest BCUT2D eigenvalue weighted by Crippen LogP contribution is -2.36. The topological polar surface area (TPSA) is 75.3 Å². The van der Waals surface area contributed by atoms with Gasteiger partial charge in [0.2, 0.25) is 0 Å². The molecule has 0 aliphatic carbocycles. The molecule has 29 heavy (non-hydrogen) atoms. The number of methoxy groups -OCH3 is 1. The molecule has 0 N–H and O–H groups in total. The molecule has 0 radical (unpaired) electrons. The summed E-state index contributed by atoms with van der Waals surface area (Å²) in [6.45, 7) is 2.19. The van der Waals surface area contributed by atoms with Gasteiger partial charge in [0.25, 0.3) is 11.5 Å². The second-order valence-electron chi connectivity index (χ2n) is 6.73. The minimum atomic E-state index is -0.292. The lowest BCUT2D eigenvalue weighted by molar-refractivity contribution is -0.123. The summed E-state index contributed by atoms with van der Waals surface area (Å²) in [7, 11) is 1.60. The van der Waals surface area contributed by atoms with Gasteiger partial charge in [-0.25, -0.2) is 0 Å². The van der Waals surface area contributed by atoms with Gasteiger partial charge < -0.3 is 9.64 Å². The van der Waals surface area contributed by atoms with Crippen molar-refractivity contribution in [2.45, 2.75) is 25.8 Å². The number of ether oxygens (including phenoxy) is 1. The van der Waals surface area contributed by atoms with Crippen LogP contribution in [0.2, 0.25) is 0 Å². The lowest BCUT2D eigenvalue weighted by atomic mass is 10.2. The van der Waals surface area contributed by atoms with E-state index in [9.17, 15) is 14.9 Å². The highest BCUT2D eigenvalue weighted by molar-refractivity contribution is 9.10. The van der Waals surface area contributed by atoms with Crippen LogP contribution in [0.4, 0.5) is 0 Å². The van der Waals surface area contributed by atoms with E-state index in [1.807, 2.05) is 24.3 Å². The molecule has 0 spiro atoms. The van der Waals surface area contributed by atoms with E-state index in [2.05, 4.69) is 22.0 Å². The quantitative estimate of drug-likeness (QED) is 0.597. The summed E-state index contributed by atoms with van der Waals surface area (Å²) in [6.07, 6.45) is 4.29. The fourth-order valence-corrected chi connectivity index (χ4v) is 4.78. The van der Waals surface area contributed by atoms with Crippen molar-refractivity contribution in [3.8, 4) is 6.07 Å². The second-order valence-corrected chi connectivity index (χ2v) is 8.61. The predicted octanol–water partition coefficient (Wildman–Crippen LogP) is 1.83. The van der Waals surface area contributed by atoms with Crippen LogP contribution in [0.1, 0.15) is 24.8 Å². The first-order valence-corrected chi connectivity index (χ1v) is 11.1. The molecule has 2 heterocycles. The Morgan fingerprint density at radius 3 is 2.72 bits per heavy atom. The minimum absolute atomic E-state index is 0.0400. The van der Waals surface area contributed by atoms with Gasteiger partial charge in [0, 0.05) is 37.8 Å². The van der Waals surface area contributed by atoms with Gasteiger partial charge >= 0.3 is 0 Å². The average Bonchev–Trinajstić information content (AvgIpc) is 3.35. The Morgan fingerprint density at radius 1 is 1.34 bits per heavy atom. The van der Waals surface area contributed by atoms with Crippen molar-refractivity contribution in [2.24, 2.45) is 0 Å². The molecule has 1 aliphatic heterocycles. The summed E-state index contributed by atoms with van der Waals surface area (Å²) < 4.78 is 8.43. The first-order chi connectivity index (χ1) is 14.1. The van der Waals surface area contributed by atoms with Gasteiger partial charge in [-0.1, -0.05) is 34.1 Å². The third kappa shape index (κ3) is 4.86. The van der Waals surface area contributed by atoms with Crippen LogP contribution in [0.15, 0.2) is 33.5 Å². The highest BCUT2D eigenvalue weighted by Crippen LogP contribution is 2.16. The van der Waals surface area contributed by atoms with E-state index in [1.165, 1.54) is 11.3 Å². The number of likely N-dealkylation sites (tertiary alicyclic amines) is 1. The fourth-order valence-electron chi connectivity index (χ4n) is 3.27. The van der Waals surface area contributed by atoms with Crippen LogP contribution in [0.25, 0.3) is 11.6 Å². The number of rotatable bonds is 6. The van der Waals surface area contributed by atoms with Gasteiger partial charge in [-0.05, 0) is 37.0 Å². The van der Waals surface area contributed by atoms with Crippen molar-refractivity contribution >= 4 is 44.8 Å². The SMILES string of the molecule is COCCCn1c(=O)/c(=C\c2ccccc2Br)s/c1=C(/C#N)C(=O)N1CCCC1. The summed E-state index contributed by atoms with van der Waals surface area (Å²) in [5.74, 6) is -0.292. The molecule has 152 valence electrons. The van der Waals surface area contributed by atoms with Crippen molar-refractivity contribution in [1.82, 2.24) is 9.47 Å². The highest BCUT2D eigenvalue weighted by atomic mass is 79.9. The van der Waals surface area contributed by atoms with Gasteiger partial charge in [0.05, 0.1) is 4.53 Å². The Bertz CT molecular complexity index is 1110. The highest BCUT2D eigenvalue weighted by Gasteiger charge is 2.24. The average molecular weight is 476 g/mol. The minimum Gasteiger partial charge on any atom is -0.385 e. The van der Waals surface area contributed by atoms with E-state index in [4.69, 9.17) is 4.74 Å². The summed E-state index contributed by atoms with van der Waals surface area (Å²) in [5, 5.41) is 9.75. The third-order valence-electron chi connectivity index (χ3n) is 4.76. The zero-order chi connectivity index (χ0) is 20.8. The Kier molecular flexibility index (Phi) is 7.42. The number of nitriles is 1. The molecule has 3 rings (SSSR count). The molecular formula is C21H22BrN3O3S. The van der Waals surface area contributed by atoms with Crippen molar-refractivity contribution in [3.05, 3.63) is 53.9 Å². The number of halogens is 1. The zero-order valence-corrected chi connectivity index (χ0v) is 18.6. The van der Waals surface area contributed by atoms with Gasteiger partial charge in [-0.2, -0.15) is 5.26 Å². The van der Waals surface area contributed by atoms with E-state index in [0.29, 0.717) is 41.9 Å². The van der Waals surface area contributed by atoms with E-state index in [-0.39, 0.29) is 17.0 Å². The number of thiazole rings is 1. The number of hydrogen-bond acceptors (Lipinski definition) is 5. The van der Waals surface area contributed by atoms with E-state index in [1.54, 1.807) is 22.7 Å². The first kappa shape index (κ1) is 21.5. The molecule has 0 atom stereocenters. The molecule has 1 aliphatic rings. The van der Waals surface area contributed by atoms with Crippen LogP contribution in [0.5, 0.6) is 0 Å². The molecule has 1 aromatic heterocycles. The van der Waals surface area contributed by atoms with E-state index >= 15 is 0 Å². The summed E-state index contributed by atoms with van der Waals surface area (Å²) in [6, 6.07) is 9.67. The van der Waals surface area contributed by atoms with Gasteiger partial charge in [0.1, 0.15) is 10.7 Å². The van der Waals surface area contributed by atoms with Crippen LogP contribution >= 0.6 is 27.3 Å². The zero-order valence-electron chi connectivity index (χ0n) is 16.2. The molecule has 1 saturated heterocycles. The molecule has 0 bridgehead atoms. The van der Waals surface area contributed by atoms with Gasteiger partial charge in [-0.15, -0.1) is 11.3 Å². The number of carbonyl (C=O) groups excluding carboxylic acids is 1. The van der Waals surface area contributed by atoms with Crippen molar-refractivity contribution < 1.29 is 9.53 Å². The molecule has 8 heteroatoms. The van der Waals surface area contributed by atoms with Crippen LogP contribution in [-0.4, -0.2) is 42.2 Å². The van der Waals surface area contributed by atoms with E-state index in [0.717, 1.165) is 22.9 Å². The Morgan fingerprint density at radius 2 is 2.07 bits per heavy atom. The van der Waals surface area contributed by atoms with Gasteiger partial charge in [-0.3, -0.25) is 14.2 Å². The van der Waals surface area contributed by atoms with Crippen LogP contribution in [-0.2, 0) is 16.1 Å². The first-order valence-electron chi connectivity index (χ1n) is 9.45. The largest absolute Gasteiger partial charge is 0.385 e. The predicted molar refractivity (Wildman–Crippen MR) is 117 cm³/mol. The van der Waals surface area contributed by atoms with Crippen LogP contribution < -0.4 is 14.8 Å². The third-order valence-corrected chi connectivity index (χ3v) is 6.61. The van der Waals surface area contributed by atoms with Crippen LogP contribution in [0, 0.1) is 11.3 Å². The number of benzene rings is 1. The summed E-state index contributed by atoms with van der Waals surface area (Å²) in [5.41, 5.74) is 0.711. The fraction of sp³-hybridized carbons (Fsp3) is 0.381. The van der Waals surface area contributed by atoms with Crippen molar-refractivity contribution in [1.29, 1.82) is 5.26 Å². The Hall–Kier alpha value is -2.21.